The minimum Gasteiger partial charge on any atom is -0.479 e. The number of hydrogen-bond donors (Lipinski definition) is 4. The lowest BCUT2D eigenvalue weighted by Gasteiger charge is -2.19. The molecular weight excluding hydrogens is 424 g/mol. The summed E-state index contributed by atoms with van der Waals surface area (Å²) in [6, 6.07) is 15.9. The lowest BCUT2D eigenvalue weighted by atomic mass is 9.98. The maximum absolute atomic E-state index is 12.4. The standard InChI is InChI=1S/C25H26N2O6/c1-25(32,23(29)30)14-26-22(28)15-10-11-16(12-15)27-24(31)33-13-21-19-8-4-2-6-17(19)18-7-3-5-9-20(18)21/h2-10,16,21,32H,11-14H2,1H3,(H,26,28)(H,27,31)(H,29,30). The van der Waals surface area contributed by atoms with Crippen molar-refractivity contribution in [2.24, 2.45) is 0 Å². The normalized spacial score (nSPS) is 18.5. The summed E-state index contributed by atoms with van der Waals surface area (Å²) in [6.45, 7) is 0.904. The molecule has 2 aromatic rings. The summed E-state index contributed by atoms with van der Waals surface area (Å²) in [5.41, 5.74) is 2.95. The monoisotopic (exact) mass is 450 g/mol. The predicted molar refractivity (Wildman–Crippen MR) is 121 cm³/mol. The number of aliphatic hydroxyl groups is 1. The number of amides is 2. The fourth-order valence-electron chi connectivity index (χ4n) is 4.26. The molecule has 0 aromatic heterocycles. The topological polar surface area (TPSA) is 125 Å². The number of rotatable bonds is 7. The van der Waals surface area contributed by atoms with Gasteiger partial charge in [0, 0.05) is 17.5 Å². The Hall–Kier alpha value is -3.65. The third-order valence-corrected chi connectivity index (χ3v) is 6.13. The van der Waals surface area contributed by atoms with Crippen LogP contribution in [0.5, 0.6) is 0 Å². The van der Waals surface area contributed by atoms with Crippen LogP contribution < -0.4 is 10.6 Å². The van der Waals surface area contributed by atoms with Crippen LogP contribution in [0.4, 0.5) is 4.79 Å². The SMILES string of the molecule is CC(O)(CNC(=O)C1=CCC(NC(=O)OCC2c3ccccc3-c3ccccc32)C1)C(=O)O. The number of carbonyl (C=O) groups excluding carboxylic acids is 2. The van der Waals surface area contributed by atoms with E-state index in [0.717, 1.165) is 29.2 Å². The first-order valence-corrected chi connectivity index (χ1v) is 10.8. The van der Waals surface area contributed by atoms with Crippen LogP contribution in [0, 0.1) is 0 Å². The van der Waals surface area contributed by atoms with Crippen LogP contribution in [0.2, 0.25) is 0 Å². The number of ether oxygens (including phenoxy) is 1. The van der Waals surface area contributed by atoms with Crippen molar-refractivity contribution in [1.29, 1.82) is 0 Å². The summed E-state index contributed by atoms with van der Waals surface area (Å²) in [5, 5.41) is 23.8. The van der Waals surface area contributed by atoms with Crippen molar-refractivity contribution in [1.82, 2.24) is 10.6 Å². The minimum absolute atomic E-state index is 0.0341. The molecule has 2 aromatic carbocycles. The van der Waals surface area contributed by atoms with Gasteiger partial charge in [-0.05, 0) is 42.0 Å². The molecule has 0 fully saturated rings. The number of benzene rings is 2. The molecule has 2 aliphatic rings. The van der Waals surface area contributed by atoms with E-state index < -0.39 is 30.1 Å². The highest BCUT2D eigenvalue weighted by atomic mass is 16.5. The Labute approximate surface area is 191 Å². The first-order chi connectivity index (χ1) is 15.8. The van der Waals surface area contributed by atoms with E-state index in [9.17, 15) is 19.5 Å². The maximum Gasteiger partial charge on any atom is 0.407 e. The van der Waals surface area contributed by atoms with Gasteiger partial charge in [0.15, 0.2) is 5.60 Å². The van der Waals surface area contributed by atoms with Crippen LogP contribution in [0.15, 0.2) is 60.2 Å². The van der Waals surface area contributed by atoms with E-state index in [0.29, 0.717) is 18.4 Å². The van der Waals surface area contributed by atoms with Gasteiger partial charge in [0.05, 0.1) is 6.54 Å². The summed E-state index contributed by atoms with van der Waals surface area (Å²) in [4.78, 5) is 35.6. The van der Waals surface area contributed by atoms with Gasteiger partial charge >= 0.3 is 12.1 Å². The average molecular weight is 450 g/mol. The third kappa shape index (κ3) is 4.75. The highest BCUT2D eigenvalue weighted by molar-refractivity contribution is 5.94. The van der Waals surface area contributed by atoms with E-state index in [-0.39, 0.29) is 18.6 Å². The largest absolute Gasteiger partial charge is 0.479 e. The van der Waals surface area contributed by atoms with Crippen LogP contribution in [0.25, 0.3) is 11.1 Å². The molecule has 8 heteroatoms. The summed E-state index contributed by atoms with van der Waals surface area (Å²) >= 11 is 0. The van der Waals surface area contributed by atoms with Gasteiger partial charge in [-0.15, -0.1) is 0 Å². The van der Waals surface area contributed by atoms with Gasteiger partial charge in [-0.3, -0.25) is 4.79 Å². The maximum atomic E-state index is 12.4. The molecule has 0 heterocycles. The molecule has 0 saturated carbocycles. The van der Waals surface area contributed by atoms with Gasteiger partial charge in [0.1, 0.15) is 6.61 Å². The van der Waals surface area contributed by atoms with Crippen LogP contribution in [-0.2, 0) is 14.3 Å². The Kier molecular flexibility index (Phi) is 6.20. The Balaban J connectivity index is 1.28. The smallest absolute Gasteiger partial charge is 0.407 e. The van der Waals surface area contributed by atoms with Gasteiger partial charge in [0.25, 0.3) is 0 Å². The second kappa shape index (κ2) is 9.07. The van der Waals surface area contributed by atoms with E-state index in [4.69, 9.17) is 9.84 Å². The summed E-state index contributed by atoms with van der Waals surface area (Å²) in [5.74, 6) is -1.92. The second-order valence-corrected chi connectivity index (χ2v) is 8.60. The van der Waals surface area contributed by atoms with Gasteiger partial charge in [-0.1, -0.05) is 54.6 Å². The number of carbonyl (C=O) groups is 3. The van der Waals surface area contributed by atoms with Crippen molar-refractivity contribution < 1.29 is 29.3 Å². The zero-order valence-corrected chi connectivity index (χ0v) is 18.2. The van der Waals surface area contributed by atoms with Gasteiger partial charge in [-0.25, -0.2) is 9.59 Å². The quantitative estimate of drug-likeness (QED) is 0.514. The molecule has 0 bridgehead atoms. The van der Waals surface area contributed by atoms with Crippen molar-refractivity contribution in [3.05, 3.63) is 71.3 Å². The molecule has 8 nitrogen and oxygen atoms in total. The molecule has 33 heavy (non-hydrogen) atoms. The molecular formula is C25H26N2O6. The van der Waals surface area contributed by atoms with Crippen LogP contribution in [0.1, 0.15) is 36.8 Å². The summed E-state index contributed by atoms with van der Waals surface area (Å²) in [7, 11) is 0. The summed E-state index contributed by atoms with van der Waals surface area (Å²) < 4.78 is 5.54. The van der Waals surface area contributed by atoms with Crippen molar-refractivity contribution in [3.63, 3.8) is 0 Å². The van der Waals surface area contributed by atoms with E-state index in [2.05, 4.69) is 34.9 Å². The number of aliphatic carboxylic acids is 1. The molecule has 0 aliphatic heterocycles. The van der Waals surface area contributed by atoms with E-state index in [1.54, 1.807) is 6.08 Å². The first kappa shape index (κ1) is 22.5. The van der Waals surface area contributed by atoms with Crippen molar-refractivity contribution >= 4 is 18.0 Å². The predicted octanol–water partition coefficient (Wildman–Crippen LogP) is 2.57. The molecule has 2 aliphatic carbocycles. The molecule has 0 saturated heterocycles. The molecule has 0 spiro atoms. The first-order valence-electron chi connectivity index (χ1n) is 10.8. The number of alkyl carbamates (subject to hydrolysis) is 1. The number of hydrogen-bond acceptors (Lipinski definition) is 5. The Morgan fingerprint density at radius 3 is 2.27 bits per heavy atom. The van der Waals surface area contributed by atoms with E-state index >= 15 is 0 Å². The van der Waals surface area contributed by atoms with Gasteiger partial charge in [-0.2, -0.15) is 0 Å². The van der Waals surface area contributed by atoms with Crippen molar-refractivity contribution in [2.75, 3.05) is 13.2 Å². The average Bonchev–Trinajstić information content (AvgIpc) is 3.39. The van der Waals surface area contributed by atoms with Crippen LogP contribution >= 0.6 is 0 Å². The summed E-state index contributed by atoms with van der Waals surface area (Å²) in [6.07, 6.45) is 1.90. The molecule has 2 atom stereocenters. The van der Waals surface area contributed by atoms with Gasteiger partial charge in [0.2, 0.25) is 5.91 Å². The zero-order chi connectivity index (χ0) is 23.6. The third-order valence-electron chi connectivity index (χ3n) is 6.13. The van der Waals surface area contributed by atoms with E-state index in [1.807, 2.05) is 24.3 Å². The molecule has 4 N–H and O–H groups in total. The van der Waals surface area contributed by atoms with E-state index in [1.165, 1.54) is 0 Å². The van der Waals surface area contributed by atoms with Crippen molar-refractivity contribution in [2.45, 2.75) is 37.3 Å². The fourth-order valence-corrected chi connectivity index (χ4v) is 4.26. The number of carboxylic acid groups (broad SMARTS) is 1. The Bertz CT molecular complexity index is 1080. The number of nitrogens with one attached hydrogen (secondary N) is 2. The van der Waals surface area contributed by atoms with Gasteiger partial charge < -0.3 is 25.6 Å². The zero-order valence-electron chi connectivity index (χ0n) is 18.2. The Morgan fingerprint density at radius 2 is 1.67 bits per heavy atom. The highest BCUT2D eigenvalue weighted by Gasteiger charge is 2.32. The van der Waals surface area contributed by atoms with Crippen LogP contribution in [-0.4, -0.2) is 53.0 Å². The highest BCUT2D eigenvalue weighted by Crippen LogP contribution is 2.44. The lowest BCUT2D eigenvalue weighted by Crippen LogP contribution is -2.46. The molecule has 2 unspecified atom stereocenters. The van der Waals surface area contributed by atoms with Crippen LogP contribution in [0.3, 0.4) is 0 Å². The molecule has 4 rings (SSSR count). The minimum atomic E-state index is -2.05. The number of fused-ring (bicyclic) bond motifs is 3. The molecule has 2 amide bonds. The fraction of sp³-hybridized carbons (Fsp3) is 0.320. The van der Waals surface area contributed by atoms with Crippen molar-refractivity contribution in [3.8, 4) is 11.1 Å². The Morgan fingerprint density at radius 1 is 1.06 bits per heavy atom. The molecule has 0 radical (unpaired) electrons. The number of carboxylic acids is 1. The molecule has 172 valence electrons. The second-order valence-electron chi connectivity index (χ2n) is 8.60. The lowest BCUT2D eigenvalue weighted by molar-refractivity contribution is -0.156.